The number of nitrogens with two attached hydrogens (primary N) is 1. The second-order valence-electron chi connectivity index (χ2n) is 12.5. The summed E-state index contributed by atoms with van der Waals surface area (Å²) in [5, 5.41) is 0. The summed E-state index contributed by atoms with van der Waals surface area (Å²) in [6, 6.07) is 0.221. The van der Waals surface area contributed by atoms with Gasteiger partial charge >= 0.3 is 0 Å². The van der Waals surface area contributed by atoms with Crippen LogP contribution in [0.2, 0.25) is 0 Å². The second-order valence-corrected chi connectivity index (χ2v) is 12.5. The third-order valence-electron chi connectivity index (χ3n) is 10.8. The molecule has 0 aromatic rings. The van der Waals surface area contributed by atoms with E-state index in [0.29, 0.717) is 23.7 Å². The summed E-state index contributed by atoms with van der Waals surface area (Å²) in [6.45, 7) is 22.2. The van der Waals surface area contributed by atoms with Crippen molar-refractivity contribution in [1.29, 1.82) is 0 Å². The Labute approximate surface area is 201 Å². The van der Waals surface area contributed by atoms with Gasteiger partial charge in [-0.25, -0.2) is 0 Å². The average molecular weight is 442 g/mol. The minimum atomic E-state index is 0.211. The first-order chi connectivity index (χ1) is 15.2. The molecule has 4 aliphatic carbocycles. The minimum Gasteiger partial charge on any atom is -0.324 e. The van der Waals surface area contributed by atoms with E-state index in [4.69, 9.17) is 12.3 Å². The van der Waals surface area contributed by atoms with Crippen LogP contribution in [0.5, 0.6) is 0 Å². The topological polar surface area (TPSA) is 26.0 Å². The van der Waals surface area contributed by atoms with Crippen LogP contribution in [0.25, 0.3) is 0 Å². The standard InChI is InChI=1S/C31H55N/c1-9-25(26-14-15-26)16-20(4)12-13-22(6)31-19-30(32)27(18-28(31)10-2)17-21(5)29(11-3)23(7)24(31)8/h17,20-21,23-26,28-30H,6,9-16,18-19,32H2,1-5,7-8H3/b27-17+. The van der Waals surface area contributed by atoms with Gasteiger partial charge in [0.05, 0.1) is 0 Å². The van der Waals surface area contributed by atoms with E-state index in [1.54, 1.807) is 11.1 Å². The van der Waals surface area contributed by atoms with Crippen molar-refractivity contribution in [3.63, 3.8) is 0 Å². The maximum Gasteiger partial charge on any atom is 0.0262 e. The lowest BCUT2D eigenvalue weighted by molar-refractivity contribution is 0.0264. The molecule has 1 nitrogen and oxygen atoms in total. The molecule has 32 heavy (non-hydrogen) atoms. The maximum absolute atomic E-state index is 6.93. The Balaban J connectivity index is 1.83. The van der Waals surface area contributed by atoms with Gasteiger partial charge in [0.25, 0.3) is 0 Å². The monoisotopic (exact) mass is 441 g/mol. The van der Waals surface area contributed by atoms with Crippen LogP contribution >= 0.6 is 0 Å². The van der Waals surface area contributed by atoms with E-state index in [-0.39, 0.29) is 11.5 Å². The molecule has 0 radical (unpaired) electrons. The number of fused-ring (bicyclic) bond motifs is 6. The summed E-state index contributed by atoms with van der Waals surface area (Å²) in [5.41, 5.74) is 10.2. The van der Waals surface area contributed by atoms with Gasteiger partial charge in [-0.05, 0) is 97.7 Å². The van der Waals surface area contributed by atoms with Crippen LogP contribution < -0.4 is 5.73 Å². The van der Waals surface area contributed by atoms with Gasteiger partial charge < -0.3 is 5.73 Å². The molecule has 2 fully saturated rings. The van der Waals surface area contributed by atoms with Crippen molar-refractivity contribution >= 4 is 0 Å². The zero-order chi connectivity index (χ0) is 23.6. The summed E-state index contributed by atoms with van der Waals surface area (Å²) < 4.78 is 0. The van der Waals surface area contributed by atoms with Crippen molar-refractivity contribution in [3.05, 3.63) is 23.8 Å². The highest BCUT2D eigenvalue weighted by atomic mass is 14.7. The minimum absolute atomic E-state index is 0.211. The van der Waals surface area contributed by atoms with E-state index >= 15 is 0 Å². The van der Waals surface area contributed by atoms with Crippen LogP contribution in [0, 0.1) is 52.8 Å². The molecule has 0 spiro atoms. The molecule has 0 saturated heterocycles. The molecule has 0 amide bonds. The number of hydrogen-bond acceptors (Lipinski definition) is 1. The lowest BCUT2D eigenvalue weighted by atomic mass is 9.51. The molecule has 0 aliphatic heterocycles. The Morgan fingerprint density at radius 2 is 1.84 bits per heavy atom. The highest BCUT2D eigenvalue weighted by Crippen LogP contribution is 2.59. The summed E-state index contributed by atoms with van der Waals surface area (Å²) in [6.07, 6.45) is 15.7. The van der Waals surface area contributed by atoms with Gasteiger partial charge in [0, 0.05) is 6.04 Å². The van der Waals surface area contributed by atoms with Crippen LogP contribution in [0.15, 0.2) is 23.8 Å². The van der Waals surface area contributed by atoms with Gasteiger partial charge in [-0.1, -0.05) is 91.5 Å². The number of allylic oxidation sites excluding steroid dienone is 2. The first-order valence-corrected chi connectivity index (χ1v) is 14.3. The molecule has 0 heterocycles. The molecular formula is C31H55N. The van der Waals surface area contributed by atoms with Crippen molar-refractivity contribution in [2.45, 2.75) is 119 Å². The Bertz CT molecular complexity index is 657. The van der Waals surface area contributed by atoms with Crippen molar-refractivity contribution in [2.24, 2.45) is 58.5 Å². The molecule has 2 N–H and O–H groups in total. The molecule has 9 atom stereocenters. The van der Waals surface area contributed by atoms with Crippen LogP contribution in [0.1, 0.15) is 113 Å². The van der Waals surface area contributed by atoms with E-state index < -0.39 is 0 Å². The highest BCUT2D eigenvalue weighted by Gasteiger charge is 2.52. The molecule has 4 rings (SSSR count). The predicted molar refractivity (Wildman–Crippen MR) is 141 cm³/mol. The van der Waals surface area contributed by atoms with Crippen molar-refractivity contribution in [1.82, 2.24) is 0 Å². The molecule has 4 aliphatic rings. The summed E-state index contributed by atoms with van der Waals surface area (Å²) in [5.74, 6) is 6.25. The summed E-state index contributed by atoms with van der Waals surface area (Å²) in [4.78, 5) is 0. The molecule has 0 aromatic carbocycles. The lowest BCUT2D eigenvalue weighted by Gasteiger charge is -2.54. The molecular weight excluding hydrogens is 386 g/mol. The van der Waals surface area contributed by atoms with E-state index in [1.807, 2.05) is 0 Å². The number of hydrogen-bond donors (Lipinski definition) is 1. The third kappa shape index (κ3) is 5.08. The molecule has 9 unspecified atom stereocenters. The second kappa shape index (κ2) is 10.8. The van der Waals surface area contributed by atoms with Crippen molar-refractivity contribution in [2.75, 3.05) is 0 Å². The number of rotatable bonds is 10. The summed E-state index contributed by atoms with van der Waals surface area (Å²) in [7, 11) is 0. The Morgan fingerprint density at radius 3 is 2.41 bits per heavy atom. The fourth-order valence-electron chi connectivity index (χ4n) is 8.36. The first-order valence-electron chi connectivity index (χ1n) is 14.3. The normalized spacial score (nSPS) is 41.2. The summed E-state index contributed by atoms with van der Waals surface area (Å²) >= 11 is 0. The molecule has 1 heteroatoms. The van der Waals surface area contributed by atoms with Gasteiger partial charge in [-0.15, -0.1) is 0 Å². The predicted octanol–water partition coefficient (Wildman–Crippen LogP) is 8.79. The quantitative estimate of drug-likeness (QED) is 0.337. The van der Waals surface area contributed by atoms with E-state index in [2.05, 4.69) is 54.5 Å². The maximum atomic E-state index is 6.93. The molecule has 0 aromatic heterocycles. The largest absolute Gasteiger partial charge is 0.324 e. The third-order valence-corrected chi connectivity index (χ3v) is 10.8. The van der Waals surface area contributed by atoms with Gasteiger partial charge in [-0.2, -0.15) is 0 Å². The average Bonchev–Trinajstić information content (AvgIpc) is 3.61. The van der Waals surface area contributed by atoms with Gasteiger partial charge in [0.2, 0.25) is 0 Å². The first kappa shape index (κ1) is 26.1. The Morgan fingerprint density at radius 1 is 1.16 bits per heavy atom. The van der Waals surface area contributed by atoms with Gasteiger partial charge in [0.1, 0.15) is 0 Å². The van der Waals surface area contributed by atoms with E-state index in [9.17, 15) is 0 Å². The highest BCUT2D eigenvalue weighted by molar-refractivity contribution is 5.28. The van der Waals surface area contributed by atoms with E-state index in [0.717, 1.165) is 30.1 Å². The molecule has 2 saturated carbocycles. The van der Waals surface area contributed by atoms with Crippen molar-refractivity contribution in [3.8, 4) is 0 Å². The molecule has 184 valence electrons. The van der Waals surface area contributed by atoms with Crippen LogP contribution in [0.4, 0.5) is 0 Å². The zero-order valence-electron chi connectivity index (χ0n) is 22.6. The van der Waals surface area contributed by atoms with Crippen molar-refractivity contribution < 1.29 is 0 Å². The lowest BCUT2D eigenvalue weighted by Crippen LogP contribution is -2.50. The molecule has 2 bridgehead atoms. The van der Waals surface area contributed by atoms with E-state index in [1.165, 1.54) is 57.8 Å². The van der Waals surface area contributed by atoms with Crippen LogP contribution in [-0.4, -0.2) is 6.04 Å². The fourth-order valence-corrected chi connectivity index (χ4v) is 8.36. The van der Waals surface area contributed by atoms with Crippen LogP contribution in [0.3, 0.4) is 0 Å². The Hall–Kier alpha value is -0.560. The fraction of sp³-hybridized carbons (Fsp3) is 0.871. The SMILES string of the molecule is C=C(CCC(C)CC(CC)C1CC1)C12CC(N)/C(=C/C(C)C(CC)C(C)C1C)CC2CC. The Kier molecular flexibility index (Phi) is 8.79. The smallest absolute Gasteiger partial charge is 0.0262 e. The van der Waals surface area contributed by atoms with Gasteiger partial charge in [-0.3, -0.25) is 0 Å². The zero-order valence-corrected chi connectivity index (χ0v) is 22.6. The van der Waals surface area contributed by atoms with Gasteiger partial charge in [0.15, 0.2) is 0 Å². The van der Waals surface area contributed by atoms with Crippen LogP contribution in [-0.2, 0) is 0 Å².